The van der Waals surface area contributed by atoms with Crippen LogP contribution in [0.25, 0.3) is 11.1 Å². The molecule has 1 amide bonds. The third-order valence-corrected chi connectivity index (χ3v) is 5.25. The number of alkyl halides is 3. The zero-order chi connectivity index (χ0) is 22.2. The monoisotopic (exact) mass is 428 g/mol. The van der Waals surface area contributed by atoms with Crippen molar-refractivity contribution in [3.05, 3.63) is 72.1 Å². The molecule has 0 saturated carbocycles. The van der Waals surface area contributed by atoms with Gasteiger partial charge in [-0.15, -0.1) is 13.2 Å². The Morgan fingerprint density at radius 2 is 1.81 bits per heavy atom. The predicted molar refractivity (Wildman–Crippen MR) is 109 cm³/mol. The molecule has 0 bridgehead atoms. The molecule has 3 aromatic rings. The molecule has 1 aliphatic rings. The molecule has 0 aliphatic carbocycles. The third kappa shape index (κ3) is 4.47. The maximum Gasteiger partial charge on any atom is 0.573 e. The smallest absolute Gasteiger partial charge is 0.406 e. The van der Waals surface area contributed by atoms with E-state index in [0.717, 1.165) is 16.7 Å². The topological polar surface area (TPSA) is 60.3 Å². The second-order valence-electron chi connectivity index (χ2n) is 7.37. The van der Waals surface area contributed by atoms with Gasteiger partial charge in [-0.25, -0.2) is 0 Å². The number of nitrogens with one attached hydrogen (secondary N) is 1. The van der Waals surface area contributed by atoms with Crippen LogP contribution in [0.3, 0.4) is 0 Å². The molecule has 2 heterocycles. The highest BCUT2D eigenvalue weighted by Crippen LogP contribution is 2.30. The lowest BCUT2D eigenvalue weighted by molar-refractivity contribution is -0.274. The van der Waals surface area contributed by atoms with E-state index in [1.54, 1.807) is 47.2 Å². The molecule has 1 N–H and O–H groups in total. The van der Waals surface area contributed by atoms with Crippen LogP contribution in [0.2, 0.25) is 0 Å². The number of aryl methyl sites for hydroxylation is 1. The van der Waals surface area contributed by atoms with Crippen LogP contribution in [0, 0.1) is 6.92 Å². The van der Waals surface area contributed by atoms with Gasteiger partial charge in [-0.05, 0) is 66.4 Å². The van der Waals surface area contributed by atoms with Gasteiger partial charge < -0.3 is 14.6 Å². The number of ketones is 1. The van der Waals surface area contributed by atoms with Crippen LogP contribution in [0.1, 0.15) is 34.9 Å². The van der Waals surface area contributed by atoms with Gasteiger partial charge in [0.2, 0.25) is 5.91 Å². The number of benzene rings is 2. The predicted octanol–water partition coefficient (Wildman–Crippen LogP) is 5.52. The largest absolute Gasteiger partial charge is 0.573 e. The highest BCUT2D eigenvalue weighted by Gasteiger charge is 2.31. The standard InChI is InChI=1S/C23H19F3N2O3/c1-14-13-16(15-4-7-17(8-5-15)31-23(24,25)26)6-9-18(14)27-22(30)20-10-11-21(29)19-3-2-12-28(19)20/h2-9,12-13,20H,10-11H2,1H3,(H,27,30). The van der Waals surface area contributed by atoms with Crippen LogP contribution >= 0.6 is 0 Å². The highest BCUT2D eigenvalue weighted by molar-refractivity contribution is 6.00. The number of nitrogens with zero attached hydrogens (tertiary/aromatic N) is 1. The Balaban J connectivity index is 1.49. The van der Waals surface area contributed by atoms with Crippen LogP contribution in [0.15, 0.2) is 60.8 Å². The summed E-state index contributed by atoms with van der Waals surface area (Å²) < 4.78 is 42.5. The van der Waals surface area contributed by atoms with Crippen molar-refractivity contribution in [3.63, 3.8) is 0 Å². The fourth-order valence-electron chi connectivity index (χ4n) is 3.74. The van der Waals surface area contributed by atoms with E-state index in [9.17, 15) is 22.8 Å². The lowest BCUT2D eigenvalue weighted by Gasteiger charge is -2.25. The van der Waals surface area contributed by atoms with Crippen LogP contribution in [-0.4, -0.2) is 22.6 Å². The third-order valence-electron chi connectivity index (χ3n) is 5.25. The number of hydrogen-bond donors (Lipinski definition) is 1. The number of aromatic nitrogens is 1. The number of anilines is 1. The first-order valence-corrected chi connectivity index (χ1v) is 9.69. The molecule has 8 heteroatoms. The zero-order valence-electron chi connectivity index (χ0n) is 16.6. The van der Waals surface area contributed by atoms with Gasteiger partial charge in [-0.1, -0.05) is 18.2 Å². The van der Waals surface area contributed by atoms with Crippen LogP contribution in [-0.2, 0) is 4.79 Å². The number of Topliss-reactive ketones (excluding diaryl/α,β-unsaturated/α-hetero) is 1. The molecule has 1 aromatic heterocycles. The molecule has 2 aromatic carbocycles. The summed E-state index contributed by atoms with van der Waals surface area (Å²) in [6.45, 7) is 1.84. The van der Waals surface area contributed by atoms with Crippen molar-refractivity contribution in [3.8, 4) is 16.9 Å². The van der Waals surface area contributed by atoms with E-state index in [1.165, 1.54) is 12.1 Å². The first-order valence-electron chi connectivity index (χ1n) is 9.69. The van der Waals surface area contributed by atoms with Gasteiger partial charge >= 0.3 is 6.36 Å². The summed E-state index contributed by atoms with van der Waals surface area (Å²) in [6, 6.07) is 14.0. The lowest BCUT2D eigenvalue weighted by Crippen LogP contribution is -2.31. The molecule has 1 aliphatic heterocycles. The van der Waals surface area contributed by atoms with Crippen molar-refractivity contribution in [2.75, 3.05) is 5.32 Å². The lowest BCUT2D eigenvalue weighted by atomic mass is 10.00. The van der Waals surface area contributed by atoms with Gasteiger partial charge in [0.05, 0.1) is 5.69 Å². The molecule has 1 unspecified atom stereocenters. The summed E-state index contributed by atoms with van der Waals surface area (Å²) in [4.78, 5) is 24.8. The summed E-state index contributed by atoms with van der Waals surface area (Å²) in [6.07, 6.45) is -2.23. The molecule has 5 nitrogen and oxygen atoms in total. The first kappa shape index (κ1) is 20.7. The summed E-state index contributed by atoms with van der Waals surface area (Å²) in [7, 11) is 0. The number of rotatable bonds is 4. The molecular formula is C23H19F3N2O3. The van der Waals surface area contributed by atoms with Crippen molar-refractivity contribution in [2.45, 2.75) is 32.2 Å². The minimum absolute atomic E-state index is 0.0289. The van der Waals surface area contributed by atoms with E-state index in [-0.39, 0.29) is 17.4 Å². The highest BCUT2D eigenvalue weighted by atomic mass is 19.4. The number of carbonyl (C=O) groups is 2. The van der Waals surface area contributed by atoms with Crippen molar-refractivity contribution in [1.82, 2.24) is 4.57 Å². The van der Waals surface area contributed by atoms with Crippen LogP contribution in [0.5, 0.6) is 5.75 Å². The van der Waals surface area contributed by atoms with Crippen molar-refractivity contribution >= 4 is 17.4 Å². The van der Waals surface area contributed by atoms with Crippen LogP contribution < -0.4 is 10.1 Å². The van der Waals surface area contributed by atoms with Crippen LogP contribution in [0.4, 0.5) is 18.9 Å². The SMILES string of the molecule is Cc1cc(-c2ccc(OC(F)(F)F)cc2)ccc1NC(=O)C1CCC(=O)c2cccn21. The minimum atomic E-state index is -4.73. The van der Waals surface area contributed by atoms with Crippen molar-refractivity contribution < 1.29 is 27.5 Å². The minimum Gasteiger partial charge on any atom is -0.406 e. The first-order chi connectivity index (χ1) is 14.7. The summed E-state index contributed by atoms with van der Waals surface area (Å²) >= 11 is 0. The number of hydrogen-bond acceptors (Lipinski definition) is 3. The Labute approximate surface area is 176 Å². The van der Waals surface area contributed by atoms with Crippen molar-refractivity contribution in [2.24, 2.45) is 0 Å². The van der Waals surface area contributed by atoms with E-state index in [1.807, 2.05) is 13.0 Å². The Morgan fingerprint density at radius 3 is 2.48 bits per heavy atom. The zero-order valence-corrected chi connectivity index (χ0v) is 16.6. The Kier molecular flexibility index (Phi) is 5.31. The quantitative estimate of drug-likeness (QED) is 0.595. The van der Waals surface area contributed by atoms with Crippen molar-refractivity contribution in [1.29, 1.82) is 0 Å². The molecule has 0 spiro atoms. The molecular weight excluding hydrogens is 409 g/mol. The molecule has 0 saturated heterocycles. The van der Waals surface area contributed by atoms with Gasteiger partial charge in [0.1, 0.15) is 11.8 Å². The molecule has 4 rings (SSSR count). The van der Waals surface area contributed by atoms with E-state index < -0.39 is 12.4 Å². The fourth-order valence-corrected chi connectivity index (χ4v) is 3.74. The molecule has 1 atom stereocenters. The summed E-state index contributed by atoms with van der Waals surface area (Å²) in [5.41, 5.74) is 3.50. The average Bonchev–Trinajstić information content (AvgIpc) is 3.20. The van der Waals surface area contributed by atoms with Gasteiger partial charge in [0.25, 0.3) is 0 Å². The van der Waals surface area contributed by atoms with E-state index in [2.05, 4.69) is 10.1 Å². The van der Waals surface area contributed by atoms with E-state index >= 15 is 0 Å². The number of fused-ring (bicyclic) bond motifs is 1. The van der Waals surface area contributed by atoms with Gasteiger partial charge in [0, 0.05) is 18.3 Å². The Hall–Kier alpha value is -3.55. The normalized spacial score (nSPS) is 16.0. The number of carbonyl (C=O) groups excluding carboxylic acids is 2. The second-order valence-corrected chi connectivity index (χ2v) is 7.37. The van der Waals surface area contributed by atoms with E-state index in [4.69, 9.17) is 0 Å². The number of ether oxygens (including phenoxy) is 1. The van der Waals surface area contributed by atoms with E-state index in [0.29, 0.717) is 24.2 Å². The van der Waals surface area contributed by atoms with Gasteiger partial charge in [-0.3, -0.25) is 9.59 Å². The summed E-state index contributed by atoms with van der Waals surface area (Å²) in [5, 5.41) is 2.92. The Bertz CT molecular complexity index is 1130. The van der Waals surface area contributed by atoms with Gasteiger partial charge in [-0.2, -0.15) is 0 Å². The maximum absolute atomic E-state index is 12.8. The molecule has 0 radical (unpaired) electrons. The Morgan fingerprint density at radius 1 is 1.10 bits per heavy atom. The maximum atomic E-state index is 12.8. The molecule has 0 fully saturated rings. The fraction of sp³-hybridized carbons (Fsp3) is 0.217. The number of halogens is 3. The molecule has 160 valence electrons. The second kappa shape index (κ2) is 7.94. The molecule has 31 heavy (non-hydrogen) atoms. The van der Waals surface area contributed by atoms with Gasteiger partial charge in [0.15, 0.2) is 5.78 Å². The average molecular weight is 428 g/mol. The summed E-state index contributed by atoms with van der Waals surface area (Å²) in [5.74, 6) is -0.456. The number of amides is 1.